The third-order valence-corrected chi connectivity index (χ3v) is 5.15. The van der Waals surface area contributed by atoms with Gasteiger partial charge in [-0.3, -0.25) is 4.90 Å². The molecule has 2 aromatic carbocycles. The van der Waals surface area contributed by atoms with Gasteiger partial charge in [-0.25, -0.2) is 14.0 Å². The van der Waals surface area contributed by atoms with Crippen LogP contribution in [0.15, 0.2) is 71.2 Å². The molecule has 34 heavy (non-hydrogen) atoms. The molecule has 0 saturated heterocycles. The Morgan fingerprint density at radius 2 is 1.71 bits per heavy atom. The SMILES string of the molecule is COC(=O)C1=C(C(=O)OC)N(c2c(F)cccc2OC(C)C)C(N)=C(C#N)C1c1ccccc1. The van der Waals surface area contributed by atoms with E-state index in [4.69, 9.17) is 19.9 Å². The van der Waals surface area contributed by atoms with Gasteiger partial charge in [0.2, 0.25) is 0 Å². The number of carbonyl (C=O) groups is 2. The molecule has 0 amide bonds. The summed E-state index contributed by atoms with van der Waals surface area (Å²) in [5.41, 5.74) is 6.02. The molecule has 9 heteroatoms. The lowest BCUT2D eigenvalue weighted by molar-refractivity contribution is -0.139. The number of allylic oxidation sites excluding steroid dienone is 1. The summed E-state index contributed by atoms with van der Waals surface area (Å²) in [7, 11) is 2.26. The number of benzene rings is 2. The highest BCUT2D eigenvalue weighted by Gasteiger charge is 2.44. The van der Waals surface area contributed by atoms with Gasteiger partial charge in [0.05, 0.1) is 43.5 Å². The Labute approximate surface area is 196 Å². The summed E-state index contributed by atoms with van der Waals surface area (Å²) in [6.07, 6.45) is -0.353. The van der Waals surface area contributed by atoms with Gasteiger partial charge in [0.15, 0.2) is 5.82 Å². The van der Waals surface area contributed by atoms with Crippen LogP contribution < -0.4 is 15.4 Å². The van der Waals surface area contributed by atoms with Crippen LogP contribution in [-0.2, 0) is 19.1 Å². The summed E-state index contributed by atoms with van der Waals surface area (Å²) in [6.45, 7) is 3.49. The number of esters is 2. The Morgan fingerprint density at radius 3 is 2.26 bits per heavy atom. The number of anilines is 1. The molecule has 2 aromatic rings. The molecule has 1 aliphatic heterocycles. The first-order valence-electron chi connectivity index (χ1n) is 10.4. The fourth-order valence-electron chi connectivity index (χ4n) is 3.81. The molecule has 2 N–H and O–H groups in total. The molecule has 1 atom stereocenters. The van der Waals surface area contributed by atoms with E-state index in [1.807, 2.05) is 6.07 Å². The van der Waals surface area contributed by atoms with Crippen molar-refractivity contribution in [1.82, 2.24) is 0 Å². The Morgan fingerprint density at radius 1 is 1.06 bits per heavy atom. The quantitative estimate of drug-likeness (QED) is 0.645. The first-order valence-corrected chi connectivity index (χ1v) is 10.4. The van der Waals surface area contributed by atoms with Crippen LogP contribution in [0.1, 0.15) is 25.3 Å². The summed E-state index contributed by atoms with van der Waals surface area (Å²) >= 11 is 0. The monoisotopic (exact) mass is 465 g/mol. The molecular formula is C25H24FN3O5. The highest BCUT2D eigenvalue weighted by atomic mass is 19.1. The maximum Gasteiger partial charge on any atom is 0.355 e. The Bertz CT molecular complexity index is 1210. The molecule has 0 aromatic heterocycles. The van der Waals surface area contributed by atoms with Gasteiger partial charge in [0, 0.05) is 0 Å². The first-order chi connectivity index (χ1) is 16.3. The highest BCUT2D eigenvalue weighted by Crippen LogP contribution is 2.46. The topological polar surface area (TPSA) is 115 Å². The number of hydrogen-bond acceptors (Lipinski definition) is 8. The minimum atomic E-state index is -1.05. The molecule has 0 radical (unpaired) electrons. The van der Waals surface area contributed by atoms with E-state index in [1.165, 1.54) is 12.1 Å². The van der Waals surface area contributed by atoms with Crippen LogP contribution in [0.3, 0.4) is 0 Å². The van der Waals surface area contributed by atoms with Crippen molar-refractivity contribution in [2.75, 3.05) is 19.1 Å². The summed E-state index contributed by atoms with van der Waals surface area (Å²) in [6, 6.07) is 14.6. The number of halogens is 1. The van der Waals surface area contributed by atoms with Crippen LogP contribution in [0.2, 0.25) is 0 Å². The van der Waals surface area contributed by atoms with Crippen LogP contribution >= 0.6 is 0 Å². The fraction of sp³-hybridized carbons (Fsp3) is 0.240. The zero-order valence-corrected chi connectivity index (χ0v) is 19.2. The number of nitriles is 1. The second-order valence-electron chi connectivity index (χ2n) is 7.59. The molecule has 0 spiro atoms. The second-order valence-corrected chi connectivity index (χ2v) is 7.59. The smallest absolute Gasteiger partial charge is 0.355 e. The van der Waals surface area contributed by atoms with Crippen molar-refractivity contribution in [2.45, 2.75) is 25.9 Å². The summed E-state index contributed by atoms with van der Waals surface area (Å²) in [4.78, 5) is 27.1. The van der Waals surface area contributed by atoms with Gasteiger partial charge in [-0.05, 0) is 31.5 Å². The van der Waals surface area contributed by atoms with E-state index in [-0.39, 0.29) is 40.2 Å². The first kappa shape index (κ1) is 24.3. The van der Waals surface area contributed by atoms with Crippen molar-refractivity contribution in [2.24, 2.45) is 5.73 Å². The molecule has 8 nitrogen and oxygen atoms in total. The number of methoxy groups -OCH3 is 2. The van der Waals surface area contributed by atoms with E-state index in [0.717, 1.165) is 25.2 Å². The van der Waals surface area contributed by atoms with E-state index < -0.39 is 23.7 Å². The number of nitrogens with two attached hydrogens (primary N) is 1. The molecule has 3 rings (SSSR count). The van der Waals surface area contributed by atoms with Gasteiger partial charge in [-0.1, -0.05) is 36.4 Å². The van der Waals surface area contributed by atoms with E-state index in [1.54, 1.807) is 44.2 Å². The van der Waals surface area contributed by atoms with Crippen molar-refractivity contribution < 1.29 is 28.2 Å². The van der Waals surface area contributed by atoms with Crippen LogP contribution in [0.5, 0.6) is 5.75 Å². The normalized spacial score (nSPS) is 15.8. The van der Waals surface area contributed by atoms with Gasteiger partial charge in [0.25, 0.3) is 0 Å². The predicted octanol–water partition coefficient (Wildman–Crippen LogP) is 3.51. The lowest BCUT2D eigenvalue weighted by atomic mass is 9.81. The zero-order chi connectivity index (χ0) is 25.0. The molecular weight excluding hydrogens is 441 g/mol. The molecule has 1 aliphatic rings. The average Bonchev–Trinajstić information content (AvgIpc) is 2.83. The Balaban J connectivity index is 2.46. The largest absolute Gasteiger partial charge is 0.489 e. The van der Waals surface area contributed by atoms with Crippen LogP contribution in [0.4, 0.5) is 10.1 Å². The van der Waals surface area contributed by atoms with E-state index in [2.05, 4.69) is 0 Å². The van der Waals surface area contributed by atoms with Crippen molar-refractivity contribution >= 4 is 17.6 Å². The maximum atomic E-state index is 15.3. The third kappa shape index (κ3) is 4.30. The van der Waals surface area contributed by atoms with Crippen LogP contribution in [0, 0.1) is 17.1 Å². The van der Waals surface area contributed by atoms with Crippen molar-refractivity contribution in [1.29, 1.82) is 5.26 Å². The van der Waals surface area contributed by atoms with E-state index in [9.17, 15) is 14.9 Å². The second kappa shape index (κ2) is 10.1. The number of nitrogens with zero attached hydrogens (tertiary/aromatic N) is 2. The number of para-hydroxylation sites is 1. The zero-order valence-electron chi connectivity index (χ0n) is 19.2. The van der Waals surface area contributed by atoms with Crippen molar-refractivity contribution in [3.05, 3.63) is 82.6 Å². The summed E-state index contributed by atoms with van der Waals surface area (Å²) in [5.74, 6) is -3.91. The molecule has 1 unspecified atom stereocenters. The number of hydrogen-bond donors (Lipinski definition) is 1. The standard InChI is InChI=1S/C25H24FN3O5/c1-14(2)34-18-12-8-11-17(26)21(18)29-22(25(31)33-4)20(24(30)32-3)19(16(13-27)23(29)28)15-9-6-5-7-10-15/h5-12,14,19H,28H2,1-4H3. The lowest BCUT2D eigenvalue weighted by Gasteiger charge is -2.36. The fourth-order valence-corrected chi connectivity index (χ4v) is 3.81. The number of rotatable bonds is 6. The molecule has 1 heterocycles. The van der Waals surface area contributed by atoms with Gasteiger partial charge in [-0.2, -0.15) is 5.26 Å². The average molecular weight is 465 g/mol. The Kier molecular flexibility index (Phi) is 7.21. The van der Waals surface area contributed by atoms with Gasteiger partial charge >= 0.3 is 11.9 Å². The third-order valence-electron chi connectivity index (χ3n) is 5.15. The minimum absolute atomic E-state index is 0.0546. The van der Waals surface area contributed by atoms with Crippen LogP contribution in [-0.4, -0.2) is 32.3 Å². The van der Waals surface area contributed by atoms with Gasteiger partial charge in [0.1, 0.15) is 23.0 Å². The Hall–Kier alpha value is -4.32. The minimum Gasteiger partial charge on any atom is -0.489 e. The highest BCUT2D eigenvalue weighted by molar-refractivity contribution is 6.06. The van der Waals surface area contributed by atoms with Crippen molar-refractivity contribution in [3.63, 3.8) is 0 Å². The van der Waals surface area contributed by atoms with E-state index in [0.29, 0.717) is 5.56 Å². The molecule has 0 aliphatic carbocycles. The van der Waals surface area contributed by atoms with E-state index >= 15 is 4.39 Å². The van der Waals surface area contributed by atoms with Gasteiger partial charge < -0.3 is 19.9 Å². The molecule has 176 valence electrons. The van der Waals surface area contributed by atoms with Crippen LogP contribution in [0.25, 0.3) is 0 Å². The van der Waals surface area contributed by atoms with Gasteiger partial charge in [-0.15, -0.1) is 0 Å². The summed E-state index contributed by atoms with van der Waals surface area (Å²) in [5, 5.41) is 10.1. The molecule has 0 saturated carbocycles. The molecule has 0 bridgehead atoms. The maximum absolute atomic E-state index is 15.3. The molecule has 0 fully saturated rings. The number of carbonyl (C=O) groups excluding carboxylic acids is 2. The van der Waals surface area contributed by atoms with Crippen molar-refractivity contribution in [3.8, 4) is 11.8 Å². The predicted molar refractivity (Wildman–Crippen MR) is 122 cm³/mol. The summed E-state index contributed by atoms with van der Waals surface area (Å²) < 4.78 is 31.0. The lowest BCUT2D eigenvalue weighted by Crippen LogP contribution is -2.41. The number of ether oxygens (including phenoxy) is 3.